The van der Waals surface area contributed by atoms with Gasteiger partial charge in [-0.2, -0.15) is 0 Å². The van der Waals surface area contributed by atoms with Gasteiger partial charge in [-0.1, -0.05) is 31.9 Å². The summed E-state index contributed by atoms with van der Waals surface area (Å²) >= 11 is 0. The Labute approximate surface area is 153 Å². The Hall–Kier alpha value is -2.63. The van der Waals surface area contributed by atoms with Gasteiger partial charge in [-0.25, -0.2) is 0 Å². The van der Waals surface area contributed by atoms with E-state index >= 15 is 0 Å². The number of carbonyl (C=O) groups excluding carboxylic acids is 2. The molecule has 2 heterocycles. The maximum absolute atomic E-state index is 12.7. The third kappa shape index (κ3) is 3.95. The Balaban J connectivity index is 1.62. The van der Waals surface area contributed by atoms with E-state index in [1.807, 2.05) is 30.3 Å². The second-order valence-electron chi connectivity index (χ2n) is 6.66. The average molecular weight is 355 g/mol. The molecule has 0 bridgehead atoms. The van der Waals surface area contributed by atoms with Gasteiger partial charge in [0.15, 0.2) is 0 Å². The van der Waals surface area contributed by atoms with Crippen LogP contribution in [0.2, 0.25) is 0 Å². The molecule has 2 aliphatic heterocycles. The van der Waals surface area contributed by atoms with E-state index in [-0.39, 0.29) is 18.4 Å². The standard InChI is InChI=1S/C20H25N3O3/c1-3-4-5-8-14-11-15(21-12-14)19(24)22-16-13-26-18-10-7-6-9-17(18)23(2)20(16)25/h6-7,9-11,16H,3-5,8,12-13H2,1-2H3,(H,22,24)/t16-/m1/s1. The second-order valence-corrected chi connectivity index (χ2v) is 6.66. The normalized spacial score (nSPS) is 19.2. The van der Waals surface area contributed by atoms with Crippen molar-refractivity contribution in [2.45, 2.75) is 38.6 Å². The van der Waals surface area contributed by atoms with Gasteiger partial charge in [-0.15, -0.1) is 0 Å². The lowest BCUT2D eigenvalue weighted by Gasteiger charge is -2.20. The third-order valence-electron chi connectivity index (χ3n) is 4.69. The molecule has 0 unspecified atom stereocenters. The van der Waals surface area contributed by atoms with Crippen LogP contribution in [0.4, 0.5) is 5.69 Å². The maximum atomic E-state index is 12.7. The number of anilines is 1. The number of hydrogen-bond donors (Lipinski definition) is 1. The van der Waals surface area contributed by atoms with Crippen LogP contribution in [0.25, 0.3) is 0 Å². The molecule has 3 rings (SSSR count). The summed E-state index contributed by atoms with van der Waals surface area (Å²) in [5.74, 6) is 0.113. The van der Waals surface area contributed by atoms with Crippen LogP contribution < -0.4 is 15.0 Å². The van der Waals surface area contributed by atoms with Crippen LogP contribution in [0.15, 0.2) is 40.9 Å². The highest BCUT2D eigenvalue weighted by molar-refractivity contribution is 6.44. The monoisotopic (exact) mass is 355 g/mol. The summed E-state index contributed by atoms with van der Waals surface area (Å²) in [6.07, 6.45) is 6.29. The molecule has 0 saturated carbocycles. The van der Waals surface area contributed by atoms with Gasteiger partial charge in [0.25, 0.3) is 11.8 Å². The molecule has 0 aliphatic carbocycles. The van der Waals surface area contributed by atoms with E-state index in [9.17, 15) is 9.59 Å². The molecule has 2 amide bonds. The number of likely N-dealkylation sites (N-methyl/N-ethyl adjacent to an activating group) is 1. The van der Waals surface area contributed by atoms with Crippen LogP contribution in [0.3, 0.4) is 0 Å². The van der Waals surface area contributed by atoms with Crippen LogP contribution in [0.5, 0.6) is 5.75 Å². The zero-order valence-corrected chi connectivity index (χ0v) is 15.3. The van der Waals surface area contributed by atoms with E-state index in [4.69, 9.17) is 4.74 Å². The molecule has 1 aromatic carbocycles. The molecule has 1 aromatic rings. The molecule has 0 fully saturated rings. The molecule has 1 N–H and O–H groups in total. The van der Waals surface area contributed by atoms with E-state index in [1.54, 1.807) is 7.05 Å². The number of hydrogen-bond acceptors (Lipinski definition) is 4. The minimum Gasteiger partial charge on any atom is -0.489 e. The number of unbranched alkanes of at least 4 members (excludes halogenated alkanes) is 2. The Bertz CT molecular complexity index is 754. The number of nitrogens with zero attached hydrogens (tertiary/aromatic N) is 2. The molecule has 6 heteroatoms. The molecule has 2 aliphatic rings. The number of fused-ring (bicyclic) bond motifs is 1. The summed E-state index contributed by atoms with van der Waals surface area (Å²) in [6, 6.07) is 6.61. The summed E-state index contributed by atoms with van der Waals surface area (Å²) in [6.45, 7) is 2.85. The molecular formula is C20H25N3O3. The number of amides is 2. The Morgan fingerprint density at radius 3 is 2.96 bits per heavy atom. The first-order chi connectivity index (χ1) is 12.6. The number of para-hydroxylation sites is 2. The smallest absolute Gasteiger partial charge is 0.270 e. The predicted octanol–water partition coefficient (Wildman–Crippen LogP) is 2.49. The highest BCUT2D eigenvalue weighted by atomic mass is 16.5. The predicted molar refractivity (Wildman–Crippen MR) is 102 cm³/mol. The highest BCUT2D eigenvalue weighted by Gasteiger charge is 2.31. The van der Waals surface area contributed by atoms with Crippen LogP contribution in [-0.2, 0) is 9.59 Å². The van der Waals surface area contributed by atoms with Crippen molar-refractivity contribution >= 4 is 23.2 Å². The van der Waals surface area contributed by atoms with Crippen molar-refractivity contribution < 1.29 is 14.3 Å². The molecule has 0 saturated heterocycles. The number of ether oxygens (including phenoxy) is 1. The number of aliphatic imine (C=N–C) groups is 1. The van der Waals surface area contributed by atoms with Gasteiger partial charge < -0.3 is 15.0 Å². The van der Waals surface area contributed by atoms with Gasteiger partial charge in [0.05, 0.1) is 12.2 Å². The largest absolute Gasteiger partial charge is 0.489 e. The summed E-state index contributed by atoms with van der Waals surface area (Å²) < 4.78 is 5.72. The zero-order chi connectivity index (χ0) is 18.5. The fourth-order valence-electron chi connectivity index (χ4n) is 3.15. The van der Waals surface area contributed by atoms with Crippen molar-refractivity contribution in [2.75, 3.05) is 25.1 Å². The number of nitrogens with one attached hydrogen (secondary N) is 1. The first-order valence-electron chi connectivity index (χ1n) is 9.14. The van der Waals surface area contributed by atoms with E-state index in [2.05, 4.69) is 17.2 Å². The lowest BCUT2D eigenvalue weighted by molar-refractivity contribution is -0.124. The van der Waals surface area contributed by atoms with Gasteiger partial charge >= 0.3 is 0 Å². The summed E-state index contributed by atoms with van der Waals surface area (Å²) in [7, 11) is 1.69. The Kier molecular flexibility index (Phi) is 5.71. The third-order valence-corrected chi connectivity index (χ3v) is 4.69. The first kappa shape index (κ1) is 18.2. The minimum absolute atomic E-state index is 0.103. The van der Waals surface area contributed by atoms with Gasteiger partial charge in [0, 0.05) is 7.05 Å². The van der Waals surface area contributed by atoms with Gasteiger partial charge in [-0.05, 0) is 36.6 Å². The Morgan fingerprint density at radius 1 is 1.35 bits per heavy atom. The van der Waals surface area contributed by atoms with Gasteiger partial charge in [0.2, 0.25) is 0 Å². The van der Waals surface area contributed by atoms with Crippen LogP contribution >= 0.6 is 0 Å². The van der Waals surface area contributed by atoms with Crippen LogP contribution in [0, 0.1) is 0 Å². The molecule has 0 aromatic heterocycles. The molecule has 26 heavy (non-hydrogen) atoms. The van der Waals surface area contributed by atoms with Crippen molar-refractivity contribution in [2.24, 2.45) is 4.99 Å². The molecule has 0 spiro atoms. The fourth-order valence-corrected chi connectivity index (χ4v) is 3.15. The van der Waals surface area contributed by atoms with Crippen molar-refractivity contribution in [3.63, 3.8) is 0 Å². The van der Waals surface area contributed by atoms with Gasteiger partial charge in [-0.3, -0.25) is 14.6 Å². The lowest BCUT2D eigenvalue weighted by Crippen LogP contribution is -2.50. The number of benzene rings is 1. The topological polar surface area (TPSA) is 71.0 Å². The van der Waals surface area contributed by atoms with Crippen molar-refractivity contribution in [1.82, 2.24) is 5.32 Å². The molecule has 6 nitrogen and oxygen atoms in total. The second kappa shape index (κ2) is 8.17. The summed E-state index contributed by atoms with van der Waals surface area (Å²) in [5.41, 5.74) is 2.27. The quantitative estimate of drug-likeness (QED) is 0.797. The van der Waals surface area contributed by atoms with Gasteiger partial charge in [0.1, 0.15) is 24.1 Å². The molecule has 138 valence electrons. The summed E-state index contributed by atoms with van der Waals surface area (Å²) in [4.78, 5) is 31.0. The van der Waals surface area contributed by atoms with E-state index in [0.29, 0.717) is 23.7 Å². The Morgan fingerprint density at radius 2 is 2.15 bits per heavy atom. The lowest BCUT2D eigenvalue weighted by atomic mass is 10.1. The van der Waals surface area contributed by atoms with E-state index in [0.717, 1.165) is 12.8 Å². The van der Waals surface area contributed by atoms with Crippen molar-refractivity contribution in [3.8, 4) is 5.75 Å². The average Bonchev–Trinajstić information content (AvgIpc) is 3.09. The van der Waals surface area contributed by atoms with E-state index in [1.165, 1.54) is 23.3 Å². The zero-order valence-electron chi connectivity index (χ0n) is 15.3. The van der Waals surface area contributed by atoms with Crippen LogP contribution in [0.1, 0.15) is 32.6 Å². The maximum Gasteiger partial charge on any atom is 0.270 e. The number of carbonyl (C=O) groups is 2. The molecular weight excluding hydrogens is 330 g/mol. The molecule has 0 radical (unpaired) electrons. The highest BCUT2D eigenvalue weighted by Crippen LogP contribution is 2.29. The molecule has 1 atom stereocenters. The first-order valence-corrected chi connectivity index (χ1v) is 9.14. The minimum atomic E-state index is -0.736. The van der Waals surface area contributed by atoms with E-state index < -0.39 is 6.04 Å². The number of rotatable bonds is 6. The van der Waals surface area contributed by atoms with Crippen molar-refractivity contribution in [1.29, 1.82) is 0 Å². The van der Waals surface area contributed by atoms with Crippen LogP contribution in [-0.4, -0.2) is 43.8 Å². The van der Waals surface area contributed by atoms with Crippen molar-refractivity contribution in [3.05, 3.63) is 35.9 Å². The SMILES string of the molecule is CCCCCC1=CC(C(=O)N[C@@H]2COc3ccccc3N(C)C2=O)=NC1. The fraction of sp³-hybridized carbons (Fsp3) is 0.450. The summed E-state index contributed by atoms with van der Waals surface area (Å²) in [5, 5.41) is 2.77.